The van der Waals surface area contributed by atoms with Crippen LogP contribution in [0.25, 0.3) is 0 Å². The summed E-state index contributed by atoms with van der Waals surface area (Å²) < 4.78 is 6.99. The number of anilines is 1. The van der Waals surface area contributed by atoms with Crippen LogP contribution in [-0.2, 0) is 18.3 Å². The van der Waals surface area contributed by atoms with Gasteiger partial charge in [-0.1, -0.05) is 50.7 Å². The average molecular weight is 482 g/mol. The van der Waals surface area contributed by atoms with Crippen molar-refractivity contribution >= 4 is 29.3 Å². The number of aromatic nitrogens is 3. The number of methoxy groups -OCH3 is 1. The lowest BCUT2D eigenvalue weighted by Gasteiger charge is -2.21. The quantitative estimate of drug-likeness (QED) is 0.420. The Hall–Kier alpha value is -3.33. The SMILES string of the molecule is CCc1ccccc1NC(=O)CSc1nnc(C(NC(=O)c2ccc(OC)cc2)C(C)C)n1C. The van der Waals surface area contributed by atoms with Gasteiger partial charge in [0, 0.05) is 18.3 Å². The molecule has 0 bridgehead atoms. The zero-order valence-electron chi connectivity index (χ0n) is 20.2. The maximum Gasteiger partial charge on any atom is 0.251 e. The molecule has 2 N–H and O–H groups in total. The second kappa shape index (κ2) is 11.7. The molecule has 2 aromatic carbocycles. The van der Waals surface area contributed by atoms with Crippen LogP contribution in [0.15, 0.2) is 53.7 Å². The van der Waals surface area contributed by atoms with E-state index in [0.29, 0.717) is 22.3 Å². The van der Waals surface area contributed by atoms with E-state index >= 15 is 0 Å². The Balaban J connectivity index is 1.66. The number of benzene rings is 2. The minimum atomic E-state index is -0.341. The van der Waals surface area contributed by atoms with E-state index in [4.69, 9.17) is 4.74 Å². The highest BCUT2D eigenvalue weighted by Crippen LogP contribution is 2.25. The number of thioether (sulfide) groups is 1. The summed E-state index contributed by atoms with van der Waals surface area (Å²) in [6.45, 7) is 6.08. The average Bonchev–Trinajstić information content (AvgIpc) is 3.21. The second-order valence-electron chi connectivity index (χ2n) is 8.17. The Morgan fingerprint density at radius 1 is 1.09 bits per heavy atom. The van der Waals surface area contributed by atoms with Crippen molar-refractivity contribution in [3.8, 4) is 5.75 Å². The number of carbonyl (C=O) groups is 2. The molecule has 0 radical (unpaired) electrons. The summed E-state index contributed by atoms with van der Waals surface area (Å²) in [5, 5.41) is 15.2. The number of nitrogens with one attached hydrogen (secondary N) is 2. The molecule has 3 aromatic rings. The van der Waals surface area contributed by atoms with Gasteiger partial charge in [-0.3, -0.25) is 9.59 Å². The van der Waals surface area contributed by atoms with Crippen LogP contribution in [0.3, 0.4) is 0 Å². The van der Waals surface area contributed by atoms with E-state index in [1.165, 1.54) is 11.8 Å². The van der Waals surface area contributed by atoms with Crippen molar-refractivity contribution < 1.29 is 14.3 Å². The van der Waals surface area contributed by atoms with E-state index in [1.54, 1.807) is 31.4 Å². The number of aryl methyl sites for hydroxylation is 1. The van der Waals surface area contributed by atoms with E-state index in [1.807, 2.05) is 49.7 Å². The highest BCUT2D eigenvalue weighted by Gasteiger charge is 2.25. The number of hydrogen-bond acceptors (Lipinski definition) is 6. The van der Waals surface area contributed by atoms with Crippen molar-refractivity contribution in [3.63, 3.8) is 0 Å². The third-order valence-corrected chi connectivity index (χ3v) is 6.48. The molecular weight excluding hydrogens is 450 g/mol. The molecule has 8 nitrogen and oxygen atoms in total. The Bertz CT molecular complexity index is 1130. The molecule has 0 aliphatic rings. The monoisotopic (exact) mass is 481 g/mol. The third kappa shape index (κ3) is 6.17. The Labute approximate surface area is 204 Å². The van der Waals surface area contributed by atoms with Gasteiger partial charge >= 0.3 is 0 Å². The molecule has 0 saturated carbocycles. The number of rotatable bonds is 10. The van der Waals surface area contributed by atoms with Crippen molar-refractivity contribution in [2.45, 2.75) is 38.4 Å². The Morgan fingerprint density at radius 2 is 1.79 bits per heavy atom. The molecular formula is C25H31N5O3S. The molecule has 1 heterocycles. The van der Waals surface area contributed by atoms with Gasteiger partial charge < -0.3 is 19.9 Å². The summed E-state index contributed by atoms with van der Waals surface area (Å²) in [4.78, 5) is 25.3. The Kier molecular flexibility index (Phi) is 8.70. The van der Waals surface area contributed by atoms with E-state index in [-0.39, 0.29) is 29.5 Å². The fourth-order valence-electron chi connectivity index (χ4n) is 3.49. The highest BCUT2D eigenvalue weighted by molar-refractivity contribution is 7.99. The summed E-state index contributed by atoms with van der Waals surface area (Å²) in [5.74, 6) is 1.30. The van der Waals surface area contributed by atoms with Crippen LogP contribution < -0.4 is 15.4 Å². The van der Waals surface area contributed by atoms with Crippen LogP contribution in [0.4, 0.5) is 5.69 Å². The number of hydrogen-bond donors (Lipinski definition) is 2. The van der Waals surface area contributed by atoms with E-state index in [2.05, 4.69) is 27.8 Å². The van der Waals surface area contributed by atoms with Gasteiger partial charge in [0.1, 0.15) is 5.75 Å². The Morgan fingerprint density at radius 3 is 2.44 bits per heavy atom. The number of para-hydroxylation sites is 1. The summed E-state index contributed by atoms with van der Waals surface area (Å²) in [6, 6.07) is 14.4. The van der Waals surface area contributed by atoms with Gasteiger partial charge in [-0.15, -0.1) is 10.2 Å². The van der Waals surface area contributed by atoms with Crippen LogP contribution in [0, 0.1) is 5.92 Å². The summed E-state index contributed by atoms with van der Waals surface area (Å²) >= 11 is 1.31. The first-order valence-corrected chi connectivity index (χ1v) is 12.2. The van der Waals surface area contributed by atoms with Gasteiger partial charge in [0.05, 0.1) is 18.9 Å². The fraction of sp³-hybridized carbons (Fsp3) is 0.360. The molecule has 3 rings (SSSR count). The minimum Gasteiger partial charge on any atom is -0.497 e. The summed E-state index contributed by atoms with van der Waals surface area (Å²) in [6.07, 6.45) is 0.842. The van der Waals surface area contributed by atoms with Gasteiger partial charge in [0.2, 0.25) is 5.91 Å². The van der Waals surface area contributed by atoms with E-state index < -0.39 is 0 Å². The predicted molar refractivity (Wildman–Crippen MR) is 134 cm³/mol. The van der Waals surface area contributed by atoms with Gasteiger partial charge in [0.15, 0.2) is 11.0 Å². The molecule has 2 amide bonds. The lowest BCUT2D eigenvalue weighted by atomic mass is 10.0. The molecule has 34 heavy (non-hydrogen) atoms. The van der Waals surface area contributed by atoms with Gasteiger partial charge in [-0.2, -0.15) is 0 Å². The van der Waals surface area contributed by atoms with Crippen LogP contribution in [-0.4, -0.2) is 39.4 Å². The fourth-order valence-corrected chi connectivity index (χ4v) is 4.20. The molecule has 1 atom stereocenters. The number of carbonyl (C=O) groups excluding carboxylic acids is 2. The summed E-state index contributed by atoms with van der Waals surface area (Å²) in [7, 11) is 3.43. The van der Waals surface area contributed by atoms with Crippen LogP contribution in [0.2, 0.25) is 0 Å². The van der Waals surface area contributed by atoms with Crippen molar-refractivity contribution in [3.05, 3.63) is 65.5 Å². The first kappa shape index (κ1) is 25.3. The van der Waals surface area contributed by atoms with Crippen molar-refractivity contribution in [2.75, 3.05) is 18.2 Å². The van der Waals surface area contributed by atoms with E-state index in [0.717, 1.165) is 17.7 Å². The maximum absolute atomic E-state index is 12.8. The molecule has 0 aliphatic carbocycles. The largest absolute Gasteiger partial charge is 0.497 e. The molecule has 0 fully saturated rings. The highest BCUT2D eigenvalue weighted by atomic mass is 32.2. The first-order valence-electron chi connectivity index (χ1n) is 11.2. The molecule has 9 heteroatoms. The van der Waals surface area contributed by atoms with Crippen LogP contribution in [0.1, 0.15) is 48.6 Å². The molecule has 0 saturated heterocycles. The number of amides is 2. The summed E-state index contributed by atoms with van der Waals surface area (Å²) in [5.41, 5.74) is 2.46. The predicted octanol–water partition coefficient (Wildman–Crippen LogP) is 4.24. The third-order valence-electron chi connectivity index (χ3n) is 5.46. The lowest BCUT2D eigenvalue weighted by molar-refractivity contribution is -0.113. The second-order valence-corrected chi connectivity index (χ2v) is 9.11. The first-order chi connectivity index (χ1) is 16.3. The van der Waals surface area contributed by atoms with Crippen molar-refractivity contribution in [1.29, 1.82) is 0 Å². The molecule has 180 valence electrons. The maximum atomic E-state index is 12.8. The van der Waals surface area contributed by atoms with Gasteiger partial charge in [0.25, 0.3) is 5.91 Å². The van der Waals surface area contributed by atoms with Crippen LogP contribution in [0.5, 0.6) is 5.75 Å². The van der Waals surface area contributed by atoms with E-state index in [9.17, 15) is 9.59 Å². The van der Waals surface area contributed by atoms with Crippen molar-refractivity contribution in [1.82, 2.24) is 20.1 Å². The number of ether oxygens (including phenoxy) is 1. The van der Waals surface area contributed by atoms with Crippen LogP contribution >= 0.6 is 11.8 Å². The van der Waals surface area contributed by atoms with Crippen molar-refractivity contribution in [2.24, 2.45) is 13.0 Å². The van der Waals surface area contributed by atoms with Gasteiger partial charge in [-0.25, -0.2) is 0 Å². The molecule has 1 unspecified atom stereocenters. The minimum absolute atomic E-state index is 0.0804. The number of nitrogens with zero attached hydrogens (tertiary/aromatic N) is 3. The zero-order chi connectivity index (χ0) is 24.7. The topological polar surface area (TPSA) is 98.1 Å². The zero-order valence-corrected chi connectivity index (χ0v) is 21.0. The normalized spacial score (nSPS) is 11.8. The molecule has 0 spiro atoms. The standard InChI is InChI=1S/C25H31N5O3S/c1-6-17-9-7-8-10-20(17)26-21(31)15-34-25-29-28-23(30(25)4)22(16(2)3)27-24(32)18-11-13-19(33-5)14-12-18/h7-14,16,22H,6,15H2,1-5H3,(H,26,31)(H,27,32). The molecule has 0 aliphatic heterocycles. The van der Waals surface area contributed by atoms with Gasteiger partial charge in [-0.05, 0) is 48.2 Å². The molecule has 1 aromatic heterocycles. The smallest absolute Gasteiger partial charge is 0.251 e. The lowest BCUT2D eigenvalue weighted by Crippen LogP contribution is -2.33.